The molecule has 0 saturated carbocycles. The van der Waals surface area contributed by atoms with E-state index in [0.717, 1.165) is 53.1 Å². The smallest absolute Gasteiger partial charge is 0.255 e. The van der Waals surface area contributed by atoms with E-state index in [-0.39, 0.29) is 11.6 Å². The molecule has 4 heterocycles. The van der Waals surface area contributed by atoms with Gasteiger partial charge in [-0.1, -0.05) is 0 Å². The summed E-state index contributed by atoms with van der Waals surface area (Å²) in [5.74, 6) is 0.853. The zero-order chi connectivity index (χ0) is 23.1. The van der Waals surface area contributed by atoms with Crippen LogP contribution in [0.1, 0.15) is 30.0 Å². The number of fused-ring (bicyclic) bond motifs is 2. The van der Waals surface area contributed by atoms with Gasteiger partial charge in [-0.05, 0) is 85.9 Å². The van der Waals surface area contributed by atoms with Crippen LogP contribution in [0.3, 0.4) is 0 Å². The van der Waals surface area contributed by atoms with Crippen molar-refractivity contribution in [1.82, 2.24) is 19.2 Å². The van der Waals surface area contributed by atoms with Gasteiger partial charge in [-0.15, -0.1) is 0 Å². The van der Waals surface area contributed by atoms with Crippen LogP contribution in [-0.2, 0) is 13.0 Å². The molecule has 34 heavy (non-hydrogen) atoms. The average molecular weight is 456 g/mol. The summed E-state index contributed by atoms with van der Waals surface area (Å²) in [7, 11) is 1.68. The number of pyridine rings is 1. The molecule has 7 heteroatoms. The van der Waals surface area contributed by atoms with Crippen molar-refractivity contribution in [1.29, 1.82) is 0 Å². The summed E-state index contributed by atoms with van der Waals surface area (Å²) < 4.78 is 9.12. The fourth-order valence-electron chi connectivity index (χ4n) is 5.24. The summed E-state index contributed by atoms with van der Waals surface area (Å²) in [4.78, 5) is 15.5. The van der Waals surface area contributed by atoms with E-state index in [1.807, 2.05) is 42.7 Å². The number of hydrogen-bond acceptors (Lipinski definition) is 5. The summed E-state index contributed by atoms with van der Waals surface area (Å²) in [5.41, 5.74) is 5.23. The van der Waals surface area contributed by atoms with E-state index in [2.05, 4.69) is 32.1 Å². The summed E-state index contributed by atoms with van der Waals surface area (Å²) >= 11 is 0. The molecule has 2 aromatic carbocycles. The second-order valence-corrected chi connectivity index (χ2v) is 9.25. The van der Waals surface area contributed by atoms with Crippen molar-refractivity contribution < 1.29 is 4.74 Å². The van der Waals surface area contributed by atoms with E-state index in [9.17, 15) is 4.79 Å². The lowest BCUT2D eigenvalue weighted by Gasteiger charge is -2.15. The van der Waals surface area contributed by atoms with E-state index in [1.165, 1.54) is 31.5 Å². The van der Waals surface area contributed by atoms with E-state index >= 15 is 0 Å². The topological polar surface area (TPSA) is 64.3 Å². The van der Waals surface area contributed by atoms with Gasteiger partial charge in [0.2, 0.25) is 0 Å². The maximum Gasteiger partial charge on any atom is 0.255 e. The maximum absolute atomic E-state index is 13.1. The Kier molecular flexibility index (Phi) is 5.34. The molecule has 1 fully saturated rings. The second kappa shape index (κ2) is 8.65. The molecule has 6 rings (SSSR count). The Labute approximate surface area is 198 Å². The molecule has 0 spiro atoms. The number of rotatable bonds is 6. The number of nitrogens with zero attached hydrogens (tertiary/aromatic N) is 4. The minimum atomic E-state index is -0.0337. The number of likely N-dealkylation sites (tertiary alicyclic amines) is 1. The van der Waals surface area contributed by atoms with Gasteiger partial charge in [0.15, 0.2) is 0 Å². The normalized spacial score (nSPS) is 17.7. The molecule has 1 atom stereocenters. The fourth-order valence-corrected chi connectivity index (χ4v) is 5.24. The minimum Gasteiger partial charge on any atom is -0.497 e. The number of aromatic nitrogens is 3. The molecule has 2 aromatic heterocycles. The molecule has 0 amide bonds. The molecule has 7 nitrogen and oxygen atoms in total. The average Bonchev–Trinajstić information content (AvgIpc) is 3.61. The SMILES string of the molecule is COc1ccc2c(c1)CC(c1ccn(-c3ccc4c(cnn4CCN4CCCC4)c3)c(=O)c1)N2. The van der Waals surface area contributed by atoms with Gasteiger partial charge in [0.25, 0.3) is 5.56 Å². The molecule has 0 radical (unpaired) electrons. The first kappa shape index (κ1) is 21.0. The van der Waals surface area contributed by atoms with Crippen molar-refractivity contribution in [2.24, 2.45) is 0 Å². The molecule has 174 valence electrons. The van der Waals surface area contributed by atoms with Crippen LogP contribution in [0.15, 0.2) is 65.7 Å². The van der Waals surface area contributed by atoms with Gasteiger partial charge in [-0.3, -0.25) is 14.0 Å². The van der Waals surface area contributed by atoms with Crippen molar-refractivity contribution in [3.8, 4) is 11.4 Å². The van der Waals surface area contributed by atoms with Crippen LogP contribution in [0.25, 0.3) is 16.6 Å². The summed E-state index contributed by atoms with van der Waals surface area (Å²) in [6.45, 7) is 4.31. The second-order valence-electron chi connectivity index (χ2n) is 9.25. The summed E-state index contributed by atoms with van der Waals surface area (Å²) in [5, 5.41) is 9.18. The number of ether oxygens (including phenoxy) is 1. The first-order chi connectivity index (χ1) is 16.7. The van der Waals surface area contributed by atoms with Gasteiger partial charge < -0.3 is 15.0 Å². The molecule has 1 unspecified atom stereocenters. The van der Waals surface area contributed by atoms with Crippen LogP contribution >= 0.6 is 0 Å². The highest BCUT2D eigenvalue weighted by molar-refractivity contribution is 5.81. The fraction of sp³-hybridized carbons (Fsp3) is 0.333. The van der Waals surface area contributed by atoms with Crippen molar-refractivity contribution in [2.75, 3.05) is 32.1 Å². The maximum atomic E-state index is 13.1. The lowest BCUT2D eigenvalue weighted by molar-refractivity contribution is 0.318. The number of nitrogens with one attached hydrogen (secondary N) is 1. The largest absolute Gasteiger partial charge is 0.497 e. The molecule has 2 aliphatic rings. The Morgan fingerprint density at radius 2 is 1.94 bits per heavy atom. The predicted octanol–water partition coefficient (Wildman–Crippen LogP) is 4.00. The zero-order valence-electron chi connectivity index (χ0n) is 19.4. The molecule has 1 saturated heterocycles. The third-order valence-corrected chi connectivity index (χ3v) is 7.14. The van der Waals surface area contributed by atoms with Gasteiger partial charge in [0, 0.05) is 35.6 Å². The van der Waals surface area contributed by atoms with Crippen LogP contribution in [-0.4, -0.2) is 46.0 Å². The van der Waals surface area contributed by atoms with Gasteiger partial charge in [-0.25, -0.2) is 0 Å². The number of hydrogen-bond donors (Lipinski definition) is 1. The van der Waals surface area contributed by atoms with Crippen LogP contribution < -0.4 is 15.6 Å². The molecule has 0 bridgehead atoms. The van der Waals surface area contributed by atoms with Crippen molar-refractivity contribution in [3.63, 3.8) is 0 Å². The standard InChI is InChI=1S/C27H29N5O2/c1-34-23-5-6-24-20(15-23)16-25(29-24)19-8-11-31(27(33)17-19)22-4-7-26-21(14-22)18-28-32(26)13-12-30-9-2-3-10-30/h4-8,11,14-15,17-18,25,29H,2-3,9-10,12-13,16H2,1H3. The Balaban J connectivity index is 1.21. The molecular formula is C27H29N5O2. The van der Waals surface area contributed by atoms with Gasteiger partial charge in [0.1, 0.15) is 5.75 Å². The molecular weight excluding hydrogens is 426 g/mol. The first-order valence-corrected chi connectivity index (χ1v) is 12.0. The highest BCUT2D eigenvalue weighted by Crippen LogP contribution is 2.35. The summed E-state index contributed by atoms with van der Waals surface area (Å²) in [6.07, 6.45) is 7.21. The Bertz CT molecular complexity index is 1400. The van der Waals surface area contributed by atoms with Gasteiger partial charge in [-0.2, -0.15) is 5.10 Å². The Morgan fingerprint density at radius 1 is 1.06 bits per heavy atom. The molecule has 1 N–H and O–H groups in total. The third kappa shape index (κ3) is 3.86. The number of benzene rings is 2. The quantitative estimate of drug-likeness (QED) is 0.476. The van der Waals surface area contributed by atoms with E-state index in [0.29, 0.717) is 0 Å². The zero-order valence-corrected chi connectivity index (χ0v) is 19.4. The van der Waals surface area contributed by atoms with Gasteiger partial charge in [0.05, 0.1) is 31.4 Å². The molecule has 4 aromatic rings. The molecule has 2 aliphatic heterocycles. The monoisotopic (exact) mass is 455 g/mol. The van der Waals surface area contributed by atoms with Crippen LogP contribution in [0.5, 0.6) is 5.75 Å². The van der Waals surface area contributed by atoms with Gasteiger partial charge >= 0.3 is 0 Å². The van der Waals surface area contributed by atoms with E-state index in [4.69, 9.17) is 4.74 Å². The van der Waals surface area contributed by atoms with Crippen molar-refractivity contribution >= 4 is 16.6 Å². The van der Waals surface area contributed by atoms with Crippen molar-refractivity contribution in [3.05, 3.63) is 82.4 Å². The lowest BCUT2D eigenvalue weighted by atomic mass is 10.0. The van der Waals surface area contributed by atoms with Crippen LogP contribution in [0, 0.1) is 0 Å². The highest BCUT2D eigenvalue weighted by Gasteiger charge is 2.23. The Hall–Kier alpha value is -3.58. The highest BCUT2D eigenvalue weighted by atomic mass is 16.5. The Morgan fingerprint density at radius 3 is 2.76 bits per heavy atom. The van der Waals surface area contributed by atoms with Crippen LogP contribution in [0.2, 0.25) is 0 Å². The number of anilines is 1. The van der Waals surface area contributed by atoms with Crippen LogP contribution in [0.4, 0.5) is 5.69 Å². The first-order valence-electron chi connectivity index (χ1n) is 12.0. The third-order valence-electron chi connectivity index (χ3n) is 7.14. The van der Waals surface area contributed by atoms with E-state index < -0.39 is 0 Å². The van der Waals surface area contributed by atoms with Crippen molar-refractivity contribution in [2.45, 2.75) is 31.8 Å². The molecule has 0 aliphatic carbocycles. The minimum absolute atomic E-state index is 0.0337. The predicted molar refractivity (Wildman–Crippen MR) is 134 cm³/mol. The number of methoxy groups -OCH3 is 1. The van der Waals surface area contributed by atoms with E-state index in [1.54, 1.807) is 17.7 Å². The lowest BCUT2D eigenvalue weighted by Crippen LogP contribution is -2.24. The summed E-state index contributed by atoms with van der Waals surface area (Å²) in [6, 6.07) is 16.0.